The Balaban J connectivity index is -0.000000608. The van der Waals surface area contributed by atoms with Crippen LogP contribution in [-0.2, 0) is 9.59 Å². The zero-order valence-electron chi connectivity index (χ0n) is 24.9. The average Bonchev–Trinajstić information content (AvgIpc) is 2.85. The summed E-state index contributed by atoms with van der Waals surface area (Å²) in [4.78, 5) is 20.4. The monoisotopic (exact) mass is 650 g/mol. The van der Waals surface area contributed by atoms with Crippen molar-refractivity contribution in [1.29, 1.82) is 0 Å². The summed E-state index contributed by atoms with van der Waals surface area (Å²) in [6, 6.07) is 0. The van der Waals surface area contributed by atoms with Gasteiger partial charge >= 0.3 is 0 Å². The van der Waals surface area contributed by atoms with Crippen molar-refractivity contribution in [3.05, 3.63) is 0 Å². The van der Waals surface area contributed by atoms with Gasteiger partial charge in [-0.3, -0.25) is 0 Å². The Hall–Kier alpha value is 0.317. The molecule has 0 aromatic rings. The van der Waals surface area contributed by atoms with Gasteiger partial charge in [0, 0.05) is 53.7 Å². The summed E-state index contributed by atoms with van der Waals surface area (Å²) in [6.07, 6.45) is 33.9. The molecule has 5 heteroatoms. The molecule has 0 aliphatic carbocycles. The van der Waals surface area contributed by atoms with Gasteiger partial charge in [0.15, 0.2) is 0 Å². The molecule has 0 rings (SSSR count). The molecule has 0 aliphatic heterocycles. The first kappa shape index (κ1) is 41.8. The SMILES string of the molecule is CCCCCCCCCCCCCCCC(=O)[O-].CCCCCCCCCCCCCCCC(=O)[O-].[Ce]. The van der Waals surface area contributed by atoms with Gasteiger partial charge in [0.25, 0.3) is 0 Å². The molecule has 0 aromatic heterocycles. The van der Waals surface area contributed by atoms with Gasteiger partial charge in [-0.1, -0.05) is 168 Å². The van der Waals surface area contributed by atoms with Crippen LogP contribution in [0.5, 0.6) is 0 Å². The van der Waals surface area contributed by atoms with Gasteiger partial charge in [-0.2, -0.15) is 0 Å². The molecule has 0 unspecified atom stereocenters. The van der Waals surface area contributed by atoms with E-state index in [4.69, 9.17) is 0 Å². The molecule has 0 amide bonds. The Kier molecular flexibility index (Phi) is 43.4. The van der Waals surface area contributed by atoms with Crippen molar-refractivity contribution < 1.29 is 61.5 Å². The number of carbonyl (C=O) groups is 2. The second-order valence-corrected chi connectivity index (χ2v) is 10.7. The van der Waals surface area contributed by atoms with E-state index in [-0.39, 0.29) is 54.6 Å². The van der Waals surface area contributed by atoms with E-state index in [2.05, 4.69) is 13.8 Å². The molecule has 0 saturated carbocycles. The van der Waals surface area contributed by atoms with Crippen molar-refractivity contribution in [3.8, 4) is 0 Å². The van der Waals surface area contributed by atoms with Crippen molar-refractivity contribution in [3.63, 3.8) is 0 Å². The van der Waals surface area contributed by atoms with Gasteiger partial charge in [0.2, 0.25) is 0 Å². The van der Waals surface area contributed by atoms with Gasteiger partial charge in [0.05, 0.1) is 0 Å². The van der Waals surface area contributed by atoms with Gasteiger partial charge in [0.1, 0.15) is 0 Å². The summed E-state index contributed by atoms with van der Waals surface area (Å²) < 4.78 is 0. The van der Waals surface area contributed by atoms with Crippen molar-refractivity contribution >= 4 is 11.9 Å². The third kappa shape index (κ3) is 46.5. The number of carbonyl (C=O) groups excluding carboxylic acids is 2. The second kappa shape index (κ2) is 38.5. The molecule has 0 radical (unpaired) electrons. The fourth-order valence-electron chi connectivity index (χ4n) is 4.57. The zero-order valence-corrected chi connectivity index (χ0v) is 28.1. The molecule has 0 atom stereocenters. The van der Waals surface area contributed by atoms with Crippen LogP contribution >= 0.6 is 0 Å². The number of hydrogen-bond acceptors (Lipinski definition) is 4. The van der Waals surface area contributed by atoms with Crippen LogP contribution in [0, 0.1) is 41.7 Å². The predicted octanol–water partition coefficient (Wildman–Crippen LogP) is 8.44. The Morgan fingerprint density at radius 1 is 0.351 bits per heavy atom. The van der Waals surface area contributed by atoms with Crippen LogP contribution in [0.3, 0.4) is 0 Å². The van der Waals surface area contributed by atoms with E-state index in [1.54, 1.807) is 0 Å². The molecular formula is C32H62CeO4-2. The van der Waals surface area contributed by atoms with E-state index < -0.39 is 11.9 Å². The molecule has 37 heavy (non-hydrogen) atoms. The molecule has 0 heterocycles. The maximum atomic E-state index is 10.2. The minimum Gasteiger partial charge on any atom is -0.550 e. The number of aliphatic carboxylic acids is 2. The summed E-state index contributed by atoms with van der Waals surface area (Å²) in [7, 11) is 0. The summed E-state index contributed by atoms with van der Waals surface area (Å²) in [5.74, 6) is -1.81. The van der Waals surface area contributed by atoms with Crippen LogP contribution in [0.2, 0.25) is 0 Å². The van der Waals surface area contributed by atoms with Gasteiger partial charge in [-0.05, 0) is 25.7 Å². The molecule has 0 bridgehead atoms. The Bertz CT molecular complexity index is 403. The molecule has 220 valence electrons. The summed E-state index contributed by atoms with van der Waals surface area (Å²) in [5.41, 5.74) is 0. The summed E-state index contributed by atoms with van der Waals surface area (Å²) >= 11 is 0. The molecule has 0 saturated heterocycles. The van der Waals surface area contributed by atoms with Crippen LogP contribution in [0.15, 0.2) is 0 Å². The third-order valence-corrected chi connectivity index (χ3v) is 6.97. The minimum absolute atomic E-state index is 0. The van der Waals surface area contributed by atoms with E-state index in [1.807, 2.05) is 0 Å². The van der Waals surface area contributed by atoms with E-state index in [0.29, 0.717) is 0 Å². The number of hydrogen-bond donors (Lipinski definition) is 0. The van der Waals surface area contributed by atoms with Crippen LogP contribution in [-0.4, -0.2) is 11.9 Å². The van der Waals surface area contributed by atoms with Gasteiger partial charge in [-0.15, -0.1) is 0 Å². The van der Waals surface area contributed by atoms with Crippen molar-refractivity contribution in [2.75, 3.05) is 0 Å². The normalized spacial score (nSPS) is 10.4. The van der Waals surface area contributed by atoms with Crippen molar-refractivity contribution in [2.24, 2.45) is 0 Å². The standard InChI is InChI=1S/2C16H32O2.Ce/c2*1-2-3-4-5-6-7-8-9-10-11-12-13-14-15-16(17)18;/h2*2-15H2,1H3,(H,17,18);/p-2. The maximum absolute atomic E-state index is 10.2. The van der Waals surface area contributed by atoms with Gasteiger partial charge in [-0.25, -0.2) is 0 Å². The first-order valence-electron chi connectivity index (χ1n) is 15.9. The van der Waals surface area contributed by atoms with Crippen molar-refractivity contribution in [2.45, 2.75) is 194 Å². The van der Waals surface area contributed by atoms with Crippen LogP contribution in [0.25, 0.3) is 0 Å². The average molecular weight is 651 g/mol. The number of carboxylic acids is 2. The molecule has 4 nitrogen and oxygen atoms in total. The first-order chi connectivity index (χ1) is 17.5. The quantitative estimate of drug-likeness (QED) is 0.0796. The molecule has 0 aromatic carbocycles. The maximum Gasteiger partial charge on any atom is 0.0414 e. The van der Waals surface area contributed by atoms with Crippen LogP contribution in [0.4, 0.5) is 0 Å². The smallest absolute Gasteiger partial charge is 0.0414 e. The predicted molar refractivity (Wildman–Crippen MR) is 151 cm³/mol. The Morgan fingerprint density at radius 2 is 0.514 bits per heavy atom. The van der Waals surface area contributed by atoms with E-state index in [1.165, 1.54) is 141 Å². The fourth-order valence-corrected chi connectivity index (χ4v) is 4.57. The largest absolute Gasteiger partial charge is 0.550 e. The molecule has 0 fully saturated rings. The van der Waals surface area contributed by atoms with Gasteiger partial charge < -0.3 is 19.8 Å². The zero-order chi connectivity index (χ0) is 27.0. The van der Waals surface area contributed by atoms with E-state index in [0.717, 1.165) is 25.7 Å². The fraction of sp³-hybridized carbons (Fsp3) is 0.938. The minimum atomic E-state index is -0.905. The Morgan fingerprint density at radius 3 is 0.676 bits per heavy atom. The molecule has 0 spiro atoms. The number of unbranched alkanes of at least 4 members (excludes halogenated alkanes) is 24. The van der Waals surface area contributed by atoms with Crippen LogP contribution in [0.1, 0.15) is 194 Å². The second-order valence-electron chi connectivity index (χ2n) is 10.7. The topological polar surface area (TPSA) is 80.3 Å². The Labute approximate surface area is 265 Å². The number of rotatable bonds is 28. The molecule has 0 aliphatic rings. The molecule has 0 N–H and O–H groups in total. The number of carboxylic acid groups (broad SMARTS) is 2. The third-order valence-electron chi connectivity index (χ3n) is 6.97. The van der Waals surface area contributed by atoms with Crippen molar-refractivity contribution in [1.82, 2.24) is 0 Å². The van der Waals surface area contributed by atoms with E-state index >= 15 is 0 Å². The van der Waals surface area contributed by atoms with Crippen LogP contribution < -0.4 is 10.2 Å². The summed E-state index contributed by atoms with van der Waals surface area (Å²) in [5, 5.41) is 20.4. The van der Waals surface area contributed by atoms with E-state index in [9.17, 15) is 19.8 Å². The first-order valence-corrected chi connectivity index (χ1v) is 15.9. The molecular weight excluding hydrogens is 588 g/mol. The summed E-state index contributed by atoms with van der Waals surface area (Å²) in [6.45, 7) is 4.51.